The summed E-state index contributed by atoms with van der Waals surface area (Å²) in [4.78, 5) is 127. The van der Waals surface area contributed by atoms with Gasteiger partial charge in [-0.2, -0.15) is 0 Å². The number of rotatable bonds is 17. The number of hydrogen-bond donors (Lipinski definition) is 13. The molecule has 0 saturated carbocycles. The Bertz CT molecular complexity index is 2210. The van der Waals surface area contributed by atoms with Gasteiger partial charge in [-0.3, -0.25) is 43.5 Å². The Morgan fingerprint density at radius 2 is 1.33 bits per heavy atom. The molecule has 9 atom stereocenters. The van der Waals surface area contributed by atoms with E-state index >= 15 is 0 Å². The van der Waals surface area contributed by atoms with Gasteiger partial charge in [0.15, 0.2) is 11.9 Å². The number of aliphatic imine (C=N–C) groups is 2. The van der Waals surface area contributed by atoms with E-state index in [4.69, 9.17) is 27.7 Å². The van der Waals surface area contributed by atoms with Gasteiger partial charge in [-0.05, 0) is 57.9 Å². The number of nitrogens with two attached hydrogens (primary N) is 4. The number of ether oxygens (including phenoxy) is 1. The molecule has 1 aliphatic heterocycles. The average molecular weight is 1010 g/mol. The van der Waals surface area contributed by atoms with Crippen LogP contribution >= 0.6 is 0 Å². The van der Waals surface area contributed by atoms with Gasteiger partial charge in [-0.15, -0.1) is 0 Å². The largest absolute Gasteiger partial charge is 0.480 e. The fourth-order valence-electron chi connectivity index (χ4n) is 7.16. The summed E-state index contributed by atoms with van der Waals surface area (Å²) in [6, 6.07) is 0.699. The van der Waals surface area contributed by atoms with E-state index < -0.39 is 120 Å². The number of guanidine groups is 2. The molecule has 0 aliphatic carbocycles. The van der Waals surface area contributed by atoms with E-state index in [-0.39, 0.29) is 62.7 Å². The maximum atomic E-state index is 14.3. The minimum absolute atomic E-state index is 0.00241. The molecule has 396 valence electrons. The summed E-state index contributed by atoms with van der Waals surface area (Å²) < 4.78 is 5.80. The smallest absolute Gasteiger partial charge is 0.326 e. The Morgan fingerprint density at radius 3 is 1.89 bits per heavy atom. The Kier molecular flexibility index (Phi) is 25.7. The summed E-state index contributed by atoms with van der Waals surface area (Å²) in [5, 5.41) is 37.1. The number of carboxylic acid groups (broad SMARTS) is 2. The number of carbonyl (C=O) groups excluding carboxylic acids is 7. The fraction of sp³-hybridized carbons (Fsp3) is 0.511. The molecule has 1 aromatic rings. The van der Waals surface area contributed by atoms with Gasteiger partial charge in [0.1, 0.15) is 30.2 Å². The van der Waals surface area contributed by atoms with E-state index in [0.717, 1.165) is 5.56 Å². The zero-order valence-corrected chi connectivity index (χ0v) is 41.3. The number of aliphatic carboxylic acids is 2. The van der Waals surface area contributed by atoms with Crippen molar-refractivity contribution in [2.45, 2.75) is 121 Å². The van der Waals surface area contributed by atoms with Crippen molar-refractivity contribution < 1.29 is 58.1 Å². The first kappa shape index (κ1) is 60.3. The van der Waals surface area contributed by atoms with E-state index in [1.54, 1.807) is 20.1 Å². The van der Waals surface area contributed by atoms with E-state index in [1.807, 2.05) is 43.3 Å². The first-order valence-electron chi connectivity index (χ1n) is 23.2. The molecule has 0 radical (unpaired) electrons. The Hall–Kier alpha value is -7.83. The van der Waals surface area contributed by atoms with Crippen molar-refractivity contribution in [3.63, 3.8) is 0 Å². The van der Waals surface area contributed by atoms with Gasteiger partial charge in [0, 0.05) is 32.5 Å². The topological polar surface area (TPSA) is 416 Å². The monoisotopic (exact) mass is 1010 g/mol. The number of nitrogens with one attached hydrogen (secondary N) is 7. The van der Waals surface area contributed by atoms with Crippen molar-refractivity contribution in [1.82, 2.24) is 37.2 Å². The number of methoxy groups -OCH3 is 1. The van der Waals surface area contributed by atoms with Gasteiger partial charge in [0.2, 0.25) is 35.4 Å². The highest BCUT2D eigenvalue weighted by Gasteiger charge is 2.34. The lowest BCUT2D eigenvalue weighted by Crippen LogP contribution is -2.56. The second kappa shape index (κ2) is 30.7. The summed E-state index contributed by atoms with van der Waals surface area (Å²) in [5.74, 6) is -11.6. The molecule has 25 nitrogen and oxygen atoms in total. The SMILES string of the molecule is C=C1NC(=O)CC[C@H](C(=O)O)NC(=O)[C@@H](C)[C@H](/C=C/C(C)=C/[C@H](C)[C@H](Cc2ccccc2)OC)NC(=O)[C@H](CCCN=C(N)N)NC(=O)C[C@H](C(=O)O)NC(=O)[C@@H](CCCN=C(N)N)NC(=O)[C@@H](C)NC1=O. The highest BCUT2D eigenvalue weighted by Crippen LogP contribution is 2.18. The fourth-order valence-corrected chi connectivity index (χ4v) is 7.16. The van der Waals surface area contributed by atoms with Crippen LogP contribution in [0.15, 0.2) is 76.4 Å². The quantitative estimate of drug-likeness (QED) is 0.0265. The van der Waals surface area contributed by atoms with Gasteiger partial charge >= 0.3 is 11.9 Å². The Balaban J connectivity index is 2.67. The molecule has 0 bridgehead atoms. The van der Waals surface area contributed by atoms with Crippen LogP contribution in [0.3, 0.4) is 0 Å². The Labute approximate surface area is 417 Å². The summed E-state index contributed by atoms with van der Waals surface area (Å²) in [6.07, 6.45) is 3.46. The summed E-state index contributed by atoms with van der Waals surface area (Å²) in [6.45, 7) is 9.91. The van der Waals surface area contributed by atoms with Gasteiger partial charge < -0.3 is 75.1 Å². The van der Waals surface area contributed by atoms with Gasteiger partial charge in [-0.1, -0.05) is 74.6 Å². The van der Waals surface area contributed by atoms with E-state index in [0.29, 0.717) is 12.0 Å². The third-order valence-electron chi connectivity index (χ3n) is 11.3. The first-order chi connectivity index (χ1) is 33.9. The molecule has 25 heteroatoms. The molecule has 7 amide bonds. The number of nitrogens with zero attached hydrogens (tertiary/aromatic N) is 2. The van der Waals surface area contributed by atoms with Crippen LogP contribution in [0.1, 0.15) is 78.2 Å². The normalized spacial score (nSPS) is 23.7. The van der Waals surface area contributed by atoms with Crippen LogP contribution in [0, 0.1) is 11.8 Å². The van der Waals surface area contributed by atoms with E-state index in [9.17, 15) is 53.4 Å². The zero-order valence-electron chi connectivity index (χ0n) is 41.3. The molecule has 1 fully saturated rings. The number of allylic oxidation sites excluding steroid dienone is 2. The third kappa shape index (κ3) is 22.3. The van der Waals surface area contributed by atoms with Gasteiger partial charge in [0.25, 0.3) is 5.91 Å². The predicted molar refractivity (Wildman–Crippen MR) is 266 cm³/mol. The number of benzene rings is 1. The molecule has 1 aromatic carbocycles. The zero-order chi connectivity index (χ0) is 54.1. The van der Waals surface area contributed by atoms with E-state index in [2.05, 4.69) is 53.8 Å². The van der Waals surface area contributed by atoms with Crippen molar-refractivity contribution in [2.75, 3.05) is 20.2 Å². The number of carbonyl (C=O) groups is 9. The van der Waals surface area contributed by atoms with Crippen LogP contribution in [0.25, 0.3) is 0 Å². The van der Waals surface area contributed by atoms with Crippen LogP contribution < -0.4 is 60.2 Å². The molecule has 1 aliphatic rings. The van der Waals surface area contributed by atoms with Crippen molar-refractivity contribution in [3.8, 4) is 0 Å². The lowest BCUT2D eigenvalue weighted by molar-refractivity contribution is -0.144. The lowest BCUT2D eigenvalue weighted by Gasteiger charge is -2.27. The van der Waals surface area contributed by atoms with Crippen molar-refractivity contribution in [3.05, 3.63) is 72.0 Å². The number of carboxylic acids is 2. The van der Waals surface area contributed by atoms with Gasteiger partial charge in [-0.25, -0.2) is 9.59 Å². The molecule has 17 N–H and O–H groups in total. The van der Waals surface area contributed by atoms with Crippen molar-refractivity contribution >= 4 is 65.2 Å². The molecule has 0 spiro atoms. The maximum absolute atomic E-state index is 14.3. The van der Waals surface area contributed by atoms with Gasteiger partial charge in [0.05, 0.1) is 30.2 Å². The molecule has 2 rings (SSSR count). The van der Waals surface area contributed by atoms with Crippen LogP contribution in [-0.2, 0) is 54.3 Å². The number of hydrogen-bond acceptors (Lipinski definition) is 12. The highest BCUT2D eigenvalue weighted by atomic mass is 16.5. The van der Waals surface area contributed by atoms with Crippen molar-refractivity contribution in [2.24, 2.45) is 44.8 Å². The minimum Gasteiger partial charge on any atom is -0.480 e. The predicted octanol–water partition coefficient (Wildman–Crippen LogP) is -1.96. The maximum Gasteiger partial charge on any atom is 0.326 e. The van der Waals surface area contributed by atoms with Crippen LogP contribution in [0.2, 0.25) is 0 Å². The molecule has 72 heavy (non-hydrogen) atoms. The van der Waals surface area contributed by atoms with Crippen LogP contribution in [-0.4, -0.2) is 138 Å². The van der Waals surface area contributed by atoms with Crippen LogP contribution in [0.5, 0.6) is 0 Å². The van der Waals surface area contributed by atoms with Crippen molar-refractivity contribution in [1.29, 1.82) is 0 Å². The second-order valence-corrected chi connectivity index (χ2v) is 17.3. The summed E-state index contributed by atoms with van der Waals surface area (Å²) in [5.41, 5.74) is 23.0. The lowest BCUT2D eigenvalue weighted by atomic mass is 9.94. The second-order valence-electron chi connectivity index (χ2n) is 17.3. The van der Waals surface area contributed by atoms with Crippen LogP contribution in [0.4, 0.5) is 0 Å². The third-order valence-corrected chi connectivity index (χ3v) is 11.3. The molecular formula is C47H71N13O12. The van der Waals surface area contributed by atoms with E-state index in [1.165, 1.54) is 19.9 Å². The number of amides is 7. The molecule has 1 saturated heterocycles. The average Bonchev–Trinajstić information content (AvgIpc) is 3.31. The summed E-state index contributed by atoms with van der Waals surface area (Å²) >= 11 is 0. The standard InChI is InChI=1S/C47H71N13O12/c1-25(22-26(2)36(72-6)23-30-12-8-7-9-13-30)16-17-31-27(3)39(63)59-34(44(68)69)18-19-37(61)54-28(4)40(64)55-29(5)41(65)58-33(15-11-21-53-47(50)51)43(67)60-35(45(70)71)24-38(62)56-32(42(66)57-31)14-10-20-52-46(48)49/h7-9,12-13,16-17,22,26-27,29,31-36H,4,10-11,14-15,18-21,23-24H2,1-3,5-6H3,(H,54,61)(H,55,64)(H,56,62)(H,57,66)(H,58,65)(H,59,63)(H,60,67)(H,68,69)(H,70,71)(H4,48,49,52)(H4,50,51,53)/b17-16+,25-22+/t26-,27-,29+,31-,32-,33+,34+,35+,36-/m0/s1. The molecule has 0 aromatic heterocycles. The molecule has 1 heterocycles. The highest BCUT2D eigenvalue weighted by molar-refractivity contribution is 6.00. The minimum atomic E-state index is -1.91. The Morgan fingerprint density at radius 1 is 0.778 bits per heavy atom. The molecule has 0 unspecified atom stereocenters. The summed E-state index contributed by atoms with van der Waals surface area (Å²) in [7, 11) is 1.60. The molecular weight excluding hydrogens is 939 g/mol. The first-order valence-corrected chi connectivity index (χ1v) is 23.2.